The molecule has 0 aliphatic heterocycles. The number of ether oxygens (including phenoxy) is 1. The van der Waals surface area contributed by atoms with Crippen molar-refractivity contribution < 1.29 is 13.5 Å². The summed E-state index contributed by atoms with van der Waals surface area (Å²) >= 11 is 0. The van der Waals surface area contributed by atoms with E-state index in [1.807, 2.05) is 13.8 Å². The van der Waals surface area contributed by atoms with Crippen LogP contribution in [0.4, 0.5) is 8.78 Å². The van der Waals surface area contributed by atoms with Gasteiger partial charge in [-0.15, -0.1) is 0 Å². The minimum Gasteiger partial charge on any atom is -0.435 e. The third kappa shape index (κ3) is 3.92. The maximum Gasteiger partial charge on any atom is 0.387 e. The zero-order valence-electron chi connectivity index (χ0n) is 11.3. The van der Waals surface area contributed by atoms with Crippen LogP contribution in [-0.4, -0.2) is 6.61 Å². The van der Waals surface area contributed by atoms with Crippen molar-refractivity contribution in [3.05, 3.63) is 29.8 Å². The van der Waals surface area contributed by atoms with Gasteiger partial charge in [-0.05, 0) is 30.5 Å². The molecule has 2 nitrogen and oxygen atoms in total. The van der Waals surface area contributed by atoms with Crippen LogP contribution >= 0.6 is 0 Å². The van der Waals surface area contributed by atoms with Crippen LogP contribution in [-0.2, 0) is 5.41 Å². The molecule has 0 aliphatic carbocycles. The molecule has 0 aromatic heterocycles. The van der Waals surface area contributed by atoms with E-state index in [4.69, 9.17) is 0 Å². The summed E-state index contributed by atoms with van der Waals surface area (Å²) in [4.78, 5) is 0. The van der Waals surface area contributed by atoms with Crippen LogP contribution < -0.4 is 4.74 Å². The summed E-state index contributed by atoms with van der Waals surface area (Å²) in [5.74, 6) is 0.124. The fourth-order valence-electron chi connectivity index (χ4n) is 2.40. The van der Waals surface area contributed by atoms with E-state index in [1.54, 1.807) is 12.1 Å². The Labute approximate surface area is 113 Å². The van der Waals surface area contributed by atoms with Gasteiger partial charge in [0.15, 0.2) is 0 Å². The van der Waals surface area contributed by atoms with Crippen LogP contribution in [0.5, 0.6) is 5.75 Å². The fourth-order valence-corrected chi connectivity index (χ4v) is 2.40. The fraction of sp³-hybridized carbons (Fsp3) is 0.533. The molecule has 0 bridgehead atoms. The van der Waals surface area contributed by atoms with Crippen molar-refractivity contribution in [1.82, 2.24) is 0 Å². The third-order valence-corrected chi connectivity index (χ3v) is 3.20. The second-order valence-corrected chi connectivity index (χ2v) is 4.60. The Kier molecular flexibility index (Phi) is 5.75. The van der Waals surface area contributed by atoms with Gasteiger partial charge in [0.2, 0.25) is 0 Å². The largest absolute Gasteiger partial charge is 0.435 e. The highest BCUT2D eigenvalue weighted by molar-refractivity contribution is 5.36. The molecule has 1 rings (SSSR count). The quantitative estimate of drug-likeness (QED) is 0.720. The minimum absolute atomic E-state index is 0.124. The molecule has 0 amide bonds. The van der Waals surface area contributed by atoms with Gasteiger partial charge in [0.1, 0.15) is 5.75 Å². The first-order chi connectivity index (χ1) is 9.07. The number of halogens is 2. The van der Waals surface area contributed by atoms with Crippen molar-refractivity contribution >= 4 is 0 Å². The molecule has 0 N–H and O–H groups in total. The van der Waals surface area contributed by atoms with Crippen LogP contribution in [0.15, 0.2) is 24.3 Å². The molecule has 0 heterocycles. The van der Waals surface area contributed by atoms with Gasteiger partial charge in [-0.1, -0.05) is 38.8 Å². The predicted molar refractivity (Wildman–Crippen MR) is 70.2 cm³/mol. The van der Waals surface area contributed by atoms with Gasteiger partial charge < -0.3 is 4.74 Å². The summed E-state index contributed by atoms with van der Waals surface area (Å²) in [6, 6.07) is 8.83. The lowest BCUT2D eigenvalue weighted by Gasteiger charge is -2.26. The van der Waals surface area contributed by atoms with Gasteiger partial charge in [0.25, 0.3) is 0 Å². The smallest absolute Gasteiger partial charge is 0.387 e. The van der Waals surface area contributed by atoms with Gasteiger partial charge in [0.05, 0.1) is 11.5 Å². The van der Waals surface area contributed by atoms with Gasteiger partial charge in [-0.25, -0.2) is 0 Å². The van der Waals surface area contributed by atoms with Crippen LogP contribution in [0.1, 0.15) is 45.1 Å². The second-order valence-electron chi connectivity index (χ2n) is 4.60. The summed E-state index contributed by atoms with van der Waals surface area (Å²) < 4.78 is 28.5. The summed E-state index contributed by atoms with van der Waals surface area (Å²) in [5, 5.41) is 9.51. The lowest BCUT2D eigenvalue weighted by molar-refractivity contribution is -0.0498. The Morgan fingerprint density at radius 1 is 1.16 bits per heavy atom. The van der Waals surface area contributed by atoms with Crippen molar-refractivity contribution in [3.8, 4) is 11.8 Å². The molecule has 104 valence electrons. The maximum atomic E-state index is 12.1. The molecule has 0 fully saturated rings. The van der Waals surface area contributed by atoms with Gasteiger partial charge in [0, 0.05) is 0 Å². The molecule has 0 radical (unpaired) electrons. The minimum atomic E-state index is -2.82. The standard InChI is InChI=1S/C15H19F2NO/c1-3-9-15(11-18,10-4-2)12-5-7-13(8-6-12)19-14(16)17/h5-8,14H,3-4,9-10H2,1-2H3. The number of hydrogen-bond acceptors (Lipinski definition) is 2. The van der Waals surface area contributed by atoms with E-state index in [1.165, 1.54) is 12.1 Å². The first-order valence-corrected chi connectivity index (χ1v) is 6.54. The molecule has 0 saturated heterocycles. The zero-order chi connectivity index (χ0) is 14.3. The highest BCUT2D eigenvalue weighted by Crippen LogP contribution is 2.34. The molecule has 1 aromatic rings. The molecule has 0 unspecified atom stereocenters. The van der Waals surface area contributed by atoms with Crippen molar-refractivity contribution in [2.45, 2.75) is 51.6 Å². The highest BCUT2D eigenvalue weighted by atomic mass is 19.3. The lowest BCUT2D eigenvalue weighted by Crippen LogP contribution is -2.23. The first kappa shape index (κ1) is 15.4. The zero-order valence-corrected chi connectivity index (χ0v) is 11.3. The number of alkyl halides is 2. The summed E-state index contributed by atoms with van der Waals surface area (Å²) in [5.41, 5.74) is 0.354. The van der Waals surface area contributed by atoms with E-state index >= 15 is 0 Å². The molecule has 0 spiro atoms. The Morgan fingerprint density at radius 3 is 2.05 bits per heavy atom. The Morgan fingerprint density at radius 2 is 1.68 bits per heavy atom. The van der Waals surface area contributed by atoms with Crippen molar-refractivity contribution in [3.63, 3.8) is 0 Å². The molecule has 1 aromatic carbocycles. The number of nitrogens with zero attached hydrogens (tertiary/aromatic N) is 1. The molecular weight excluding hydrogens is 248 g/mol. The Bertz CT molecular complexity index is 417. The molecular formula is C15H19F2NO. The van der Waals surface area contributed by atoms with E-state index in [2.05, 4.69) is 10.8 Å². The molecule has 0 saturated carbocycles. The van der Waals surface area contributed by atoms with E-state index in [-0.39, 0.29) is 5.75 Å². The van der Waals surface area contributed by atoms with Gasteiger partial charge in [-0.2, -0.15) is 14.0 Å². The molecule has 0 atom stereocenters. The van der Waals surface area contributed by atoms with Crippen LogP contribution in [0.3, 0.4) is 0 Å². The maximum absolute atomic E-state index is 12.1. The average Bonchev–Trinajstić information content (AvgIpc) is 2.38. The lowest BCUT2D eigenvalue weighted by atomic mass is 9.75. The summed E-state index contributed by atoms with van der Waals surface area (Å²) in [6.07, 6.45) is 3.35. The SMILES string of the molecule is CCCC(C#N)(CCC)c1ccc(OC(F)F)cc1. The normalized spacial score (nSPS) is 11.4. The number of nitriles is 1. The van der Waals surface area contributed by atoms with E-state index in [9.17, 15) is 14.0 Å². The third-order valence-electron chi connectivity index (χ3n) is 3.20. The first-order valence-electron chi connectivity index (χ1n) is 6.54. The Hall–Kier alpha value is -1.63. The number of rotatable bonds is 7. The van der Waals surface area contributed by atoms with Crippen LogP contribution in [0, 0.1) is 11.3 Å². The monoisotopic (exact) mass is 267 g/mol. The van der Waals surface area contributed by atoms with E-state index in [0.29, 0.717) is 0 Å². The van der Waals surface area contributed by atoms with Gasteiger partial charge >= 0.3 is 6.61 Å². The predicted octanol–water partition coefficient (Wildman–Crippen LogP) is 4.65. The Balaban J connectivity index is 3.00. The summed E-state index contributed by atoms with van der Waals surface area (Å²) in [7, 11) is 0. The molecule has 4 heteroatoms. The number of hydrogen-bond donors (Lipinski definition) is 0. The topological polar surface area (TPSA) is 33.0 Å². The van der Waals surface area contributed by atoms with Crippen LogP contribution in [0.25, 0.3) is 0 Å². The summed E-state index contributed by atoms with van der Waals surface area (Å²) in [6.45, 7) is 1.25. The van der Waals surface area contributed by atoms with E-state index < -0.39 is 12.0 Å². The molecule has 19 heavy (non-hydrogen) atoms. The van der Waals surface area contributed by atoms with Crippen molar-refractivity contribution in [1.29, 1.82) is 5.26 Å². The van der Waals surface area contributed by atoms with Crippen molar-refractivity contribution in [2.24, 2.45) is 0 Å². The molecule has 0 aliphatic rings. The van der Waals surface area contributed by atoms with E-state index in [0.717, 1.165) is 31.2 Å². The van der Waals surface area contributed by atoms with Crippen LogP contribution in [0.2, 0.25) is 0 Å². The second kappa shape index (κ2) is 7.08. The number of benzene rings is 1. The average molecular weight is 267 g/mol. The highest BCUT2D eigenvalue weighted by Gasteiger charge is 2.30. The van der Waals surface area contributed by atoms with Gasteiger partial charge in [-0.3, -0.25) is 0 Å². The van der Waals surface area contributed by atoms with Crippen molar-refractivity contribution in [2.75, 3.05) is 0 Å².